The molecule has 30 heavy (non-hydrogen) atoms. The maximum absolute atomic E-state index is 12.6. The molecule has 0 aliphatic heterocycles. The summed E-state index contributed by atoms with van der Waals surface area (Å²) in [6, 6.07) is 22.6. The minimum absolute atomic E-state index is 0.0343. The molecule has 0 spiro atoms. The third kappa shape index (κ3) is 5.54. The molecule has 152 valence electrons. The summed E-state index contributed by atoms with van der Waals surface area (Å²) in [4.78, 5) is 36.4. The number of nitrogens with one attached hydrogen (secondary N) is 1. The molecule has 6 nitrogen and oxygen atoms in total. The van der Waals surface area contributed by atoms with Crippen LogP contribution in [0.3, 0.4) is 0 Å². The number of hydrogen-bond acceptors (Lipinski definition) is 5. The molecule has 0 unspecified atom stereocenters. The molecule has 0 aliphatic carbocycles. The van der Waals surface area contributed by atoms with Crippen molar-refractivity contribution < 1.29 is 23.9 Å². The van der Waals surface area contributed by atoms with E-state index in [-0.39, 0.29) is 24.5 Å². The number of carbonyl (C=O) groups excluding carboxylic acids is 3. The standard InChI is InChI=1S/C24H21NO5/c1-29-23(27)19-13-11-18(12-14-19)16-30-24(28)20-9-5-6-10-21(20)25-22(26)15-17-7-3-2-4-8-17/h2-14H,15-16H2,1H3,(H,25,26). The van der Waals surface area contributed by atoms with E-state index in [0.717, 1.165) is 11.1 Å². The van der Waals surface area contributed by atoms with Gasteiger partial charge in [-0.05, 0) is 35.4 Å². The van der Waals surface area contributed by atoms with Gasteiger partial charge in [0.2, 0.25) is 5.91 Å². The van der Waals surface area contributed by atoms with E-state index in [1.807, 2.05) is 30.3 Å². The Hall–Kier alpha value is -3.93. The Kier molecular flexibility index (Phi) is 6.95. The maximum Gasteiger partial charge on any atom is 0.340 e. The summed E-state index contributed by atoms with van der Waals surface area (Å²) in [5, 5.41) is 2.77. The van der Waals surface area contributed by atoms with Crippen LogP contribution in [0.5, 0.6) is 0 Å². The van der Waals surface area contributed by atoms with E-state index < -0.39 is 11.9 Å². The summed E-state index contributed by atoms with van der Waals surface area (Å²) in [5.41, 5.74) is 2.68. The van der Waals surface area contributed by atoms with Gasteiger partial charge in [-0.1, -0.05) is 54.6 Å². The fourth-order valence-electron chi connectivity index (χ4n) is 2.83. The van der Waals surface area contributed by atoms with Gasteiger partial charge in [-0.25, -0.2) is 9.59 Å². The van der Waals surface area contributed by atoms with Crippen molar-refractivity contribution in [3.05, 3.63) is 101 Å². The minimum atomic E-state index is -0.553. The van der Waals surface area contributed by atoms with E-state index in [1.54, 1.807) is 48.5 Å². The first kappa shape index (κ1) is 20.8. The number of benzene rings is 3. The lowest BCUT2D eigenvalue weighted by Crippen LogP contribution is -2.17. The van der Waals surface area contributed by atoms with Crippen molar-refractivity contribution in [1.29, 1.82) is 0 Å². The van der Waals surface area contributed by atoms with Crippen LogP contribution in [-0.2, 0) is 27.3 Å². The zero-order chi connectivity index (χ0) is 21.3. The molecule has 0 saturated heterocycles. The summed E-state index contributed by atoms with van der Waals surface area (Å²) in [6.45, 7) is 0.0343. The topological polar surface area (TPSA) is 81.7 Å². The lowest BCUT2D eigenvalue weighted by Gasteiger charge is -2.11. The van der Waals surface area contributed by atoms with Gasteiger partial charge in [0.1, 0.15) is 6.61 Å². The molecular weight excluding hydrogens is 382 g/mol. The summed E-state index contributed by atoms with van der Waals surface area (Å²) in [5.74, 6) is -1.21. The number of carbonyl (C=O) groups is 3. The highest BCUT2D eigenvalue weighted by molar-refractivity contribution is 6.01. The second kappa shape index (κ2) is 10.0. The monoisotopic (exact) mass is 403 g/mol. The molecule has 3 aromatic rings. The first-order valence-corrected chi connectivity index (χ1v) is 9.34. The Labute approximate surface area is 174 Å². The van der Waals surface area contributed by atoms with Crippen molar-refractivity contribution in [3.63, 3.8) is 0 Å². The van der Waals surface area contributed by atoms with Gasteiger partial charge in [-0.3, -0.25) is 4.79 Å². The Bertz CT molecular complexity index is 1030. The van der Waals surface area contributed by atoms with Crippen LogP contribution in [0.4, 0.5) is 5.69 Å². The van der Waals surface area contributed by atoms with Crippen molar-refractivity contribution in [2.45, 2.75) is 13.0 Å². The number of rotatable bonds is 7. The van der Waals surface area contributed by atoms with Gasteiger partial charge >= 0.3 is 11.9 Å². The Morgan fingerprint density at radius 1 is 0.767 bits per heavy atom. The van der Waals surface area contributed by atoms with Crippen molar-refractivity contribution in [3.8, 4) is 0 Å². The van der Waals surface area contributed by atoms with Crippen LogP contribution in [0.25, 0.3) is 0 Å². The van der Waals surface area contributed by atoms with Crippen LogP contribution in [0, 0.1) is 0 Å². The second-order valence-electron chi connectivity index (χ2n) is 6.52. The normalized spacial score (nSPS) is 10.2. The number of methoxy groups -OCH3 is 1. The molecule has 1 N–H and O–H groups in total. The summed E-state index contributed by atoms with van der Waals surface area (Å²) in [6.07, 6.45) is 0.205. The van der Waals surface area contributed by atoms with E-state index in [4.69, 9.17) is 4.74 Å². The zero-order valence-corrected chi connectivity index (χ0v) is 16.5. The van der Waals surface area contributed by atoms with Gasteiger partial charge in [0, 0.05) is 0 Å². The Balaban J connectivity index is 1.62. The molecule has 3 aromatic carbocycles. The Morgan fingerprint density at radius 3 is 2.13 bits per heavy atom. The number of amides is 1. The number of hydrogen-bond donors (Lipinski definition) is 1. The first-order valence-electron chi connectivity index (χ1n) is 9.34. The fourth-order valence-corrected chi connectivity index (χ4v) is 2.83. The van der Waals surface area contributed by atoms with Gasteiger partial charge in [-0.15, -0.1) is 0 Å². The van der Waals surface area contributed by atoms with Gasteiger partial charge in [0.25, 0.3) is 0 Å². The quantitative estimate of drug-likeness (QED) is 0.603. The summed E-state index contributed by atoms with van der Waals surface area (Å²) < 4.78 is 10.0. The van der Waals surface area contributed by atoms with Gasteiger partial charge in [0.15, 0.2) is 0 Å². The van der Waals surface area contributed by atoms with Crippen LogP contribution in [-0.4, -0.2) is 25.0 Å². The summed E-state index contributed by atoms with van der Waals surface area (Å²) in [7, 11) is 1.31. The maximum atomic E-state index is 12.6. The largest absolute Gasteiger partial charge is 0.465 e. The molecule has 0 bridgehead atoms. The molecule has 6 heteroatoms. The average molecular weight is 403 g/mol. The van der Waals surface area contributed by atoms with Crippen LogP contribution >= 0.6 is 0 Å². The zero-order valence-electron chi connectivity index (χ0n) is 16.5. The summed E-state index contributed by atoms with van der Waals surface area (Å²) >= 11 is 0. The minimum Gasteiger partial charge on any atom is -0.465 e. The third-order valence-electron chi connectivity index (χ3n) is 4.37. The lowest BCUT2D eigenvalue weighted by atomic mass is 10.1. The van der Waals surface area contributed by atoms with Crippen LogP contribution in [0.2, 0.25) is 0 Å². The molecule has 0 saturated carbocycles. The number of esters is 2. The molecule has 0 aromatic heterocycles. The van der Waals surface area contributed by atoms with Crippen LogP contribution in [0.15, 0.2) is 78.9 Å². The molecule has 0 aliphatic rings. The van der Waals surface area contributed by atoms with E-state index in [1.165, 1.54) is 7.11 Å². The van der Waals surface area contributed by atoms with E-state index in [0.29, 0.717) is 11.3 Å². The predicted octanol–water partition coefficient (Wildman–Crippen LogP) is 4.01. The number of para-hydroxylation sites is 1. The van der Waals surface area contributed by atoms with E-state index in [2.05, 4.69) is 10.1 Å². The molecule has 0 heterocycles. The van der Waals surface area contributed by atoms with Crippen LogP contribution in [0.1, 0.15) is 31.8 Å². The molecule has 0 radical (unpaired) electrons. The van der Waals surface area contributed by atoms with Crippen molar-refractivity contribution in [2.75, 3.05) is 12.4 Å². The van der Waals surface area contributed by atoms with Crippen LogP contribution < -0.4 is 5.32 Å². The van der Waals surface area contributed by atoms with E-state index in [9.17, 15) is 14.4 Å². The van der Waals surface area contributed by atoms with Gasteiger partial charge < -0.3 is 14.8 Å². The van der Waals surface area contributed by atoms with Crippen molar-refractivity contribution in [1.82, 2.24) is 0 Å². The predicted molar refractivity (Wildman–Crippen MR) is 112 cm³/mol. The highest BCUT2D eigenvalue weighted by Crippen LogP contribution is 2.18. The van der Waals surface area contributed by atoms with Gasteiger partial charge in [-0.2, -0.15) is 0 Å². The molecule has 0 atom stereocenters. The highest BCUT2D eigenvalue weighted by atomic mass is 16.5. The van der Waals surface area contributed by atoms with Crippen molar-refractivity contribution in [2.24, 2.45) is 0 Å². The molecular formula is C24H21NO5. The third-order valence-corrected chi connectivity index (χ3v) is 4.37. The van der Waals surface area contributed by atoms with E-state index >= 15 is 0 Å². The Morgan fingerprint density at radius 2 is 1.43 bits per heavy atom. The highest BCUT2D eigenvalue weighted by Gasteiger charge is 2.15. The molecule has 3 rings (SSSR count). The average Bonchev–Trinajstić information content (AvgIpc) is 2.78. The van der Waals surface area contributed by atoms with Crippen molar-refractivity contribution >= 4 is 23.5 Å². The smallest absolute Gasteiger partial charge is 0.340 e. The van der Waals surface area contributed by atoms with Gasteiger partial charge in [0.05, 0.1) is 30.3 Å². The SMILES string of the molecule is COC(=O)c1ccc(COC(=O)c2ccccc2NC(=O)Cc2ccccc2)cc1. The fraction of sp³-hybridized carbons (Fsp3) is 0.125. The molecule has 0 fully saturated rings. The molecule has 1 amide bonds. The number of ether oxygens (including phenoxy) is 2. The lowest BCUT2D eigenvalue weighted by molar-refractivity contribution is -0.115. The number of anilines is 1. The second-order valence-corrected chi connectivity index (χ2v) is 6.52. The first-order chi connectivity index (χ1) is 14.6.